The van der Waals surface area contributed by atoms with Crippen molar-refractivity contribution in [2.24, 2.45) is 0 Å². The number of aromatic amines is 1. The van der Waals surface area contributed by atoms with Crippen LogP contribution in [0.3, 0.4) is 0 Å². The van der Waals surface area contributed by atoms with Gasteiger partial charge in [-0.1, -0.05) is 60.7 Å². The maximum Gasteiger partial charge on any atom is 0.407 e. The lowest BCUT2D eigenvalue weighted by atomic mass is 10.1. The predicted octanol–water partition coefficient (Wildman–Crippen LogP) is 3.64. The molecule has 1 aliphatic heterocycles. The first-order valence-corrected chi connectivity index (χ1v) is 11.4. The van der Waals surface area contributed by atoms with Gasteiger partial charge in [0.25, 0.3) is 0 Å². The number of imidazole rings is 1. The number of hydrogen-bond acceptors (Lipinski definition) is 5. The summed E-state index contributed by atoms with van der Waals surface area (Å²) in [5, 5.41) is 9.43. The van der Waals surface area contributed by atoms with E-state index in [0.29, 0.717) is 49.5 Å². The summed E-state index contributed by atoms with van der Waals surface area (Å²) in [5.74, 6) is 0.638. The Kier molecular flexibility index (Phi) is 5.99. The Morgan fingerprint density at radius 2 is 1.68 bits per heavy atom. The molecule has 0 radical (unpaired) electrons. The van der Waals surface area contributed by atoms with Crippen LogP contribution in [0.15, 0.2) is 71.8 Å². The average molecular weight is 459 g/mol. The van der Waals surface area contributed by atoms with Crippen LogP contribution in [0.2, 0.25) is 0 Å². The number of likely N-dealkylation sites (tertiary alicyclic amines) is 1. The number of H-pyrrole nitrogens is 1. The van der Waals surface area contributed by atoms with E-state index in [2.05, 4.69) is 44.1 Å². The van der Waals surface area contributed by atoms with E-state index in [0.717, 1.165) is 11.1 Å². The van der Waals surface area contributed by atoms with Crippen LogP contribution in [0.5, 0.6) is 0 Å². The molecular weight excluding hydrogens is 432 g/mol. The molecule has 1 amide bonds. The van der Waals surface area contributed by atoms with Gasteiger partial charge in [0.15, 0.2) is 11.5 Å². The first-order valence-electron chi connectivity index (χ1n) is 11.4. The number of carbonyl (C=O) groups is 1. The van der Waals surface area contributed by atoms with Crippen LogP contribution < -0.4 is 10.6 Å². The largest absolute Gasteiger partial charge is 0.465 e. The fraction of sp³-hybridized carbons (Fsp3) is 0.280. The van der Waals surface area contributed by atoms with Crippen molar-refractivity contribution in [1.29, 1.82) is 0 Å². The smallest absolute Gasteiger partial charge is 0.407 e. The third-order valence-corrected chi connectivity index (χ3v) is 6.25. The Balaban J connectivity index is 1.56. The number of hydrogen-bond donors (Lipinski definition) is 2. The molecule has 2 aromatic carbocycles. The van der Waals surface area contributed by atoms with Crippen molar-refractivity contribution in [1.82, 2.24) is 24.4 Å². The molecule has 0 spiro atoms. The van der Waals surface area contributed by atoms with Gasteiger partial charge in [-0.2, -0.15) is 0 Å². The molecular formula is C25H26N6O3. The normalized spacial score (nSPS) is 16.0. The van der Waals surface area contributed by atoms with Gasteiger partial charge in [-0.05, 0) is 24.0 Å². The number of nitrogens with zero attached hydrogens (tertiary/aromatic N) is 5. The number of carboxylic acid groups (broad SMARTS) is 1. The number of benzene rings is 2. The van der Waals surface area contributed by atoms with Gasteiger partial charge in [-0.15, -0.1) is 0 Å². The Morgan fingerprint density at radius 1 is 1.03 bits per heavy atom. The van der Waals surface area contributed by atoms with Crippen molar-refractivity contribution in [3.8, 4) is 0 Å². The van der Waals surface area contributed by atoms with E-state index in [1.54, 1.807) is 4.57 Å². The van der Waals surface area contributed by atoms with Crippen molar-refractivity contribution in [2.45, 2.75) is 32.0 Å². The van der Waals surface area contributed by atoms with Crippen LogP contribution in [0.25, 0.3) is 11.2 Å². The SMILES string of the molecule is O=C(O)N1CCC[C@@H](n2c(=O)[nH]c3c(N(Cc4ccccc4)Cc4ccccc4)ncnc32)C1. The molecule has 0 bridgehead atoms. The summed E-state index contributed by atoms with van der Waals surface area (Å²) in [5.41, 5.74) is 3.01. The van der Waals surface area contributed by atoms with Gasteiger partial charge in [0.2, 0.25) is 0 Å². The minimum Gasteiger partial charge on any atom is -0.465 e. The Bertz CT molecular complexity index is 1290. The molecule has 2 aromatic heterocycles. The molecule has 9 nitrogen and oxygen atoms in total. The molecule has 174 valence electrons. The predicted molar refractivity (Wildman–Crippen MR) is 129 cm³/mol. The zero-order chi connectivity index (χ0) is 23.5. The fourth-order valence-electron chi connectivity index (χ4n) is 4.66. The van der Waals surface area contributed by atoms with Gasteiger partial charge < -0.3 is 19.9 Å². The quantitative estimate of drug-likeness (QED) is 0.457. The molecule has 1 aliphatic rings. The number of amides is 1. The van der Waals surface area contributed by atoms with Crippen LogP contribution in [-0.4, -0.2) is 48.7 Å². The molecule has 2 N–H and O–H groups in total. The third kappa shape index (κ3) is 4.36. The second-order valence-electron chi connectivity index (χ2n) is 8.55. The van der Waals surface area contributed by atoms with Gasteiger partial charge in [0.05, 0.1) is 6.04 Å². The van der Waals surface area contributed by atoms with Gasteiger partial charge in [-0.3, -0.25) is 4.57 Å². The van der Waals surface area contributed by atoms with Crippen molar-refractivity contribution in [2.75, 3.05) is 18.0 Å². The van der Waals surface area contributed by atoms with E-state index in [4.69, 9.17) is 0 Å². The third-order valence-electron chi connectivity index (χ3n) is 6.25. The fourth-order valence-corrected chi connectivity index (χ4v) is 4.66. The average Bonchev–Trinajstić information content (AvgIpc) is 3.21. The van der Waals surface area contributed by atoms with E-state index in [1.165, 1.54) is 11.2 Å². The molecule has 3 heterocycles. The first-order chi connectivity index (χ1) is 16.6. The highest BCUT2D eigenvalue weighted by Crippen LogP contribution is 2.28. The first kappa shape index (κ1) is 21.7. The highest BCUT2D eigenvalue weighted by atomic mass is 16.4. The van der Waals surface area contributed by atoms with Gasteiger partial charge >= 0.3 is 11.8 Å². The number of anilines is 1. The van der Waals surface area contributed by atoms with E-state index >= 15 is 0 Å². The Morgan fingerprint density at radius 3 is 2.29 bits per heavy atom. The van der Waals surface area contributed by atoms with E-state index < -0.39 is 6.09 Å². The molecule has 1 fully saturated rings. The Labute approximate surface area is 196 Å². The monoisotopic (exact) mass is 458 g/mol. The number of aromatic nitrogens is 4. The van der Waals surface area contributed by atoms with Crippen molar-refractivity contribution in [3.05, 3.63) is 88.6 Å². The molecule has 34 heavy (non-hydrogen) atoms. The molecule has 5 rings (SSSR count). The second-order valence-corrected chi connectivity index (χ2v) is 8.55. The summed E-state index contributed by atoms with van der Waals surface area (Å²) in [6.45, 7) is 1.95. The summed E-state index contributed by atoms with van der Waals surface area (Å²) < 4.78 is 1.60. The summed E-state index contributed by atoms with van der Waals surface area (Å²) in [7, 11) is 0. The number of rotatable bonds is 6. The molecule has 0 saturated carbocycles. The number of fused-ring (bicyclic) bond motifs is 1. The van der Waals surface area contributed by atoms with E-state index in [1.807, 2.05) is 36.4 Å². The van der Waals surface area contributed by atoms with Crippen LogP contribution in [0.4, 0.5) is 10.6 Å². The maximum absolute atomic E-state index is 13.1. The minimum absolute atomic E-state index is 0.263. The lowest BCUT2D eigenvalue weighted by molar-refractivity contribution is 0.121. The van der Waals surface area contributed by atoms with Crippen LogP contribution in [-0.2, 0) is 13.1 Å². The second kappa shape index (κ2) is 9.38. The summed E-state index contributed by atoms with van der Waals surface area (Å²) >= 11 is 0. The van der Waals surface area contributed by atoms with Crippen molar-refractivity contribution >= 4 is 23.1 Å². The molecule has 0 unspecified atom stereocenters. The lowest BCUT2D eigenvalue weighted by Crippen LogP contribution is -2.41. The summed E-state index contributed by atoms with van der Waals surface area (Å²) in [6.07, 6.45) is 1.92. The van der Waals surface area contributed by atoms with Crippen LogP contribution >= 0.6 is 0 Å². The minimum atomic E-state index is -0.968. The molecule has 9 heteroatoms. The Hall–Kier alpha value is -4.14. The highest BCUT2D eigenvalue weighted by Gasteiger charge is 2.28. The lowest BCUT2D eigenvalue weighted by Gasteiger charge is -2.31. The van der Waals surface area contributed by atoms with Crippen LogP contribution in [0.1, 0.15) is 30.0 Å². The molecule has 4 aromatic rings. The number of nitrogens with one attached hydrogen (secondary N) is 1. The molecule has 1 atom stereocenters. The zero-order valence-electron chi connectivity index (χ0n) is 18.7. The van der Waals surface area contributed by atoms with Crippen molar-refractivity contribution < 1.29 is 9.90 Å². The molecule has 0 aliphatic carbocycles. The summed E-state index contributed by atoms with van der Waals surface area (Å²) in [6, 6.07) is 19.9. The zero-order valence-corrected chi connectivity index (χ0v) is 18.7. The standard InChI is InChI=1S/C25H26N6O3/c32-24-28-21-22(26-17-27-23(21)31(24)20-12-7-13-29(16-20)25(33)34)30(14-18-8-3-1-4-9-18)15-19-10-5-2-6-11-19/h1-6,8-11,17,20H,7,12-16H2,(H,28,32)(H,33,34)/t20-/m1/s1. The van der Waals surface area contributed by atoms with E-state index in [9.17, 15) is 14.7 Å². The topological polar surface area (TPSA) is 107 Å². The maximum atomic E-state index is 13.1. The van der Waals surface area contributed by atoms with E-state index in [-0.39, 0.29) is 18.3 Å². The molecule has 1 saturated heterocycles. The number of piperidine rings is 1. The van der Waals surface area contributed by atoms with Crippen LogP contribution in [0, 0.1) is 0 Å². The van der Waals surface area contributed by atoms with Gasteiger partial charge in [0.1, 0.15) is 11.8 Å². The van der Waals surface area contributed by atoms with Crippen molar-refractivity contribution in [3.63, 3.8) is 0 Å². The highest BCUT2D eigenvalue weighted by molar-refractivity contribution is 5.83. The summed E-state index contributed by atoms with van der Waals surface area (Å²) in [4.78, 5) is 40.0. The van der Waals surface area contributed by atoms with Gasteiger partial charge in [-0.25, -0.2) is 19.6 Å². The van der Waals surface area contributed by atoms with Gasteiger partial charge in [0, 0.05) is 26.2 Å².